The number of pyridine rings is 1. The van der Waals surface area contributed by atoms with Crippen molar-refractivity contribution in [2.75, 3.05) is 11.9 Å². The van der Waals surface area contributed by atoms with Gasteiger partial charge in [0.25, 0.3) is 0 Å². The van der Waals surface area contributed by atoms with E-state index >= 15 is 0 Å². The molecule has 7 nitrogen and oxygen atoms in total. The molecule has 1 aromatic heterocycles. The van der Waals surface area contributed by atoms with Crippen LogP contribution in [0.2, 0.25) is 0 Å². The summed E-state index contributed by atoms with van der Waals surface area (Å²) in [6.45, 7) is 0.402. The second-order valence-electron chi connectivity index (χ2n) is 4.33. The first-order chi connectivity index (χ1) is 10.1. The molecular formula is C14H13N5O2. The summed E-state index contributed by atoms with van der Waals surface area (Å²) in [7, 11) is 0. The molecule has 1 heterocycles. The molecule has 0 radical (unpaired) electrons. The van der Waals surface area contributed by atoms with Crippen LogP contribution in [0, 0.1) is 21.4 Å². The van der Waals surface area contributed by atoms with Gasteiger partial charge in [0, 0.05) is 18.7 Å². The molecule has 0 saturated carbocycles. The van der Waals surface area contributed by atoms with Crippen molar-refractivity contribution in [3.8, 4) is 6.07 Å². The van der Waals surface area contributed by atoms with Crippen molar-refractivity contribution in [2.24, 2.45) is 5.73 Å². The average Bonchev–Trinajstić information content (AvgIpc) is 2.52. The van der Waals surface area contributed by atoms with Gasteiger partial charge in [-0.2, -0.15) is 5.26 Å². The van der Waals surface area contributed by atoms with Crippen LogP contribution in [0.5, 0.6) is 0 Å². The van der Waals surface area contributed by atoms with Crippen molar-refractivity contribution >= 4 is 11.5 Å². The van der Waals surface area contributed by atoms with Crippen LogP contribution in [0.4, 0.5) is 11.5 Å². The highest BCUT2D eigenvalue weighted by Crippen LogP contribution is 2.18. The minimum absolute atomic E-state index is 0.224. The Hall–Kier alpha value is -2.98. The van der Waals surface area contributed by atoms with Crippen LogP contribution in [0.1, 0.15) is 17.3 Å². The number of hydrogen-bond acceptors (Lipinski definition) is 6. The fourth-order valence-electron chi connectivity index (χ4n) is 1.81. The molecule has 2 rings (SSSR count). The zero-order chi connectivity index (χ0) is 15.2. The lowest BCUT2D eigenvalue weighted by Crippen LogP contribution is -2.21. The highest BCUT2D eigenvalue weighted by Gasteiger charge is 2.15. The molecule has 0 amide bonds. The van der Waals surface area contributed by atoms with Crippen LogP contribution >= 0.6 is 0 Å². The third-order valence-electron chi connectivity index (χ3n) is 2.91. The molecule has 7 heteroatoms. The van der Waals surface area contributed by atoms with E-state index in [0.717, 1.165) is 5.56 Å². The van der Waals surface area contributed by atoms with Crippen molar-refractivity contribution in [3.05, 3.63) is 63.8 Å². The fourth-order valence-corrected chi connectivity index (χ4v) is 1.81. The van der Waals surface area contributed by atoms with Crippen molar-refractivity contribution in [1.29, 1.82) is 5.26 Å². The molecule has 0 aliphatic rings. The van der Waals surface area contributed by atoms with Gasteiger partial charge in [0.2, 0.25) is 5.69 Å². The summed E-state index contributed by atoms with van der Waals surface area (Å²) in [5.41, 5.74) is 6.46. The monoisotopic (exact) mass is 283 g/mol. The first-order valence-corrected chi connectivity index (χ1v) is 6.21. The highest BCUT2D eigenvalue weighted by atomic mass is 16.6. The van der Waals surface area contributed by atoms with E-state index in [-0.39, 0.29) is 17.4 Å². The van der Waals surface area contributed by atoms with E-state index in [1.54, 1.807) is 6.07 Å². The van der Waals surface area contributed by atoms with Crippen LogP contribution in [0.15, 0.2) is 42.5 Å². The summed E-state index contributed by atoms with van der Waals surface area (Å²) in [6, 6.07) is 13.7. The Labute approximate surface area is 121 Å². The van der Waals surface area contributed by atoms with Gasteiger partial charge < -0.3 is 11.1 Å². The summed E-state index contributed by atoms with van der Waals surface area (Å²) in [6.07, 6.45) is 0. The van der Waals surface area contributed by atoms with Crippen molar-refractivity contribution in [1.82, 2.24) is 4.98 Å². The molecule has 3 N–H and O–H groups in total. The smallest absolute Gasteiger partial charge is 0.305 e. The van der Waals surface area contributed by atoms with Crippen LogP contribution in [0.25, 0.3) is 0 Å². The van der Waals surface area contributed by atoms with E-state index in [2.05, 4.69) is 10.3 Å². The van der Waals surface area contributed by atoms with E-state index < -0.39 is 4.92 Å². The number of nitrogens with one attached hydrogen (secondary N) is 1. The summed E-state index contributed by atoms with van der Waals surface area (Å²) in [4.78, 5) is 14.0. The van der Waals surface area contributed by atoms with Crippen LogP contribution in [0.3, 0.4) is 0 Å². The largest absolute Gasteiger partial charge is 0.368 e. The lowest BCUT2D eigenvalue weighted by molar-refractivity contribution is -0.385. The highest BCUT2D eigenvalue weighted by molar-refractivity contribution is 5.50. The van der Waals surface area contributed by atoms with E-state index in [4.69, 9.17) is 11.0 Å². The number of rotatable bonds is 5. The third kappa shape index (κ3) is 3.52. The molecule has 0 saturated heterocycles. The van der Waals surface area contributed by atoms with Crippen molar-refractivity contribution < 1.29 is 4.92 Å². The molecule has 1 unspecified atom stereocenters. The van der Waals surface area contributed by atoms with Gasteiger partial charge in [-0.15, -0.1) is 0 Å². The number of nitrogens with two attached hydrogens (primary N) is 1. The Kier molecular flexibility index (Phi) is 4.43. The number of nitro groups is 1. The van der Waals surface area contributed by atoms with Crippen LogP contribution in [-0.2, 0) is 0 Å². The fraction of sp³-hybridized carbons (Fsp3) is 0.143. The van der Waals surface area contributed by atoms with Gasteiger partial charge in [0.15, 0.2) is 0 Å². The normalized spacial score (nSPS) is 11.4. The predicted molar refractivity (Wildman–Crippen MR) is 77.5 cm³/mol. The Bertz CT molecular complexity index is 682. The lowest BCUT2D eigenvalue weighted by atomic mass is 10.1. The summed E-state index contributed by atoms with van der Waals surface area (Å²) < 4.78 is 0. The van der Waals surface area contributed by atoms with Gasteiger partial charge in [0.1, 0.15) is 11.9 Å². The first kappa shape index (κ1) is 14.4. The molecular weight excluding hydrogens is 270 g/mol. The van der Waals surface area contributed by atoms with E-state index in [0.29, 0.717) is 12.4 Å². The second-order valence-corrected chi connectivity index (χ2v) is 4.33. The average molecular weight is 283 g/mol. The first-order valence-electron chi connectivity index (χ1n) is 6.21. The predicted octanol–water partition coefficient (Wildman–Crippen LogP) is 1.97. The maximum absolute atomic E-state index is 10.7. The summed E-state index contributed by atoms with van der Waals surface area (Å²) >= 11 is 0. The molecule has 0 spiro atoms. The number of aromatic nitrogens is 1. The Morgan fingerprint density at radius 3 is 2.67 bits per heavy atom. The van der Waals surface area contributed by atoms with Crippen molar-refractivity contribution in [3.63, 3.8) is 0 Å². The van der Waals surface area contributed by atoms with E-state index in [1.165, 1.54) is 12.1 Å². The molecule has 0 aliphatic carbocycles. The Morgan fingerprint density at radius 1 is 1.33 bits per heavy atom. The van der Waals surface area contributed by atoms with E-state index in [1.807, 2.05) is 30.3 Å². The Morgan fingerprint density at radius 2 is 2.05 bits per heavy atom. The molecule has 21 heavy (non-hydrogen) atoms. The van der Waals surface area contributed by atoms with Gasteiger partial charge in [-0.1, -0.05) is 30.3 Å². The van der Waals surface area contributed by atoms with E-state index in [9.17, 15) is 10.1 Å². The van der Waals surface area contributed by atoms with Gasteiger partial charge in [-0.05, 0) is 11.6 Å². The minimum Gasteiger partial charge on any atom is -0.368 e. The molecule has 0 aliphatic heterocycles. The molecule has 1 atom stereocenters. The zero-order valence-corrected chi connectivity index (χ0v) is 11.1. The van der Waals surface area contributed by atoms with Crippen LogP contribution < -0.4 is 11.1 Å². The standard InChI is InChI=1S/C14H13N5O2/c15-8-12-13(19(20)21)6-7-14(18-12)17-9-11(16)10-4-2-1-3-5-10/h1-7,11H,9,16H2,(H,17,18). The maximum Gasteiger partial charge on any atom is 0.305 e. The summed E-state index contributed by atoms with van der Waals surface area (Å²) in [5.74, 6) is 0.378. The van der Waals surface area contributed by atoms with Gasteiger partial charge >= 0.3 is 5.69 Å². The SMILES string of the molecule is N#Cc1nc(NCC(N)c2ccccc2)ccc1[N+](=O)[O-]. The Balaban J connectivity index is 2.07. The zero-order valence-electron chi connectivity index (χ0n) is 11.1. The molecule has 106 valence electrons. The lowest BCUT2D eigenvalue weighted by Gasteiger charge is -2.13. The molecule has 0 bridgehead atoms. The number of anilines is 1. The maximum atomic E-state index is 10.7. The van der Waals surface area contributed by atoms with Gasteiger partial charge in [-0.25, -0.2) is 4.98 Å². The summed E-state index contributed by atoms with van der Waals surface area (Å²) in [5, 5.41) is 22.6. The number of benzene rings is 1. The third-order valence-corrected chi connectivity index (χ3v) is 2.91. The molecule has 2 aromatic rings. The van der Waals surface area contributed by atoms with Gasteiger partial charge in [0.05, 0.1) is 4.92 Å². The number of nitrogens with zero attached hydrogens (tertiary/aromatic N) is 3. The topological polar surface area (TPSA) is 118 Å². The van der Waals surface area contributed by atoms with Crippen molar-refractivity contribution in [2.45, 2.75) is 6.04 Å². The number of nitriles is 1. The molecule has 0 fully saturated rings. The minimum atomic E-state index is -0.634. The quantitative estimate of drug-likeness (QED) is 0.639. The molecule has 1 aromatic carbocycles. The second kappa shape index (κ2) is 6.45. The van der Waals surface area contributed by atoms with Gasteiger partial charge in [-0.3, -0.25) is 10.1 Å². The van der Waals surface area contributed by atoms with Crippen LogP contribution in [-0.4, -0.2) is 16.5 Å². The number of hydrogen-bond donors (Lipinski definition) is 2.